The zero-order valence-corrected chi connectivity index (χ0v) is 15.3. The van der Waals surface area contributed by atoms with Crippen molar-refractivity contribution in [2.45, 2.75) is 66.2 Å². The Kier molecular flexibility index (Phi) is 5.93. The number of hydrogen-bond donors (Lipinski definition) is 1. The Hall–Kier alpha value is -1.69. The van der Waals surface area contributed by atoms with Crippen molar-refractivity contribution >= 4 is 22.4 Å². The van der Waals surface area contributed by atoms with E-state index in [1.54, 1.807) is 11.3 Å². The van der Waals surface area contributed by atoms with E-state index in [0.29, 0.717) is 17.3 Å². The molecule has 0 aliphatic heterocycles. The van der Waals surface area contributed by atoms with E-state index in [2.05, 4.69) is 29.3 Å². The number of carbonyl (C=O) groups is 1. The Morgan fingerprint density at radius 1 is 1.30 bits per heavy atom. The van der Waals surface area contributed by atoms with Crippen molar-refractivity contribution in [1.29, 1.82) is 0 Å². The molecule has 0 aromatic carbocycles. The van der Waals surface area contributed by atoms with Crippen LogP contribution in [0.15, 0.2) is 4.52 Å². The maximum atomic E-state index is 12.7. The highest BCUT2D eigenvalue weighted by atomic mass is 32.1. The molecule has 0 aliphatic carbocycles. The summed E-state index contributed by atoms with van der Waals surface area (Å²) in [5, 5.41) is 7.65. The number of aromatic nitrogens is 2. The largest absolute Gasteiger partial charge is 0.361 e. The van der Waals surface area contributed by atoms with Gasteiger partial charge in [-0.1, -0.05) is 32.3 Å². The van der Waals surface area contributed by atoms with Crippen LogP contribution in [0.2, 0.25) is 0 Å². The number of hydrogen-bond acceptors (Lipinski definition) is 5. The van der Waals surface area contributed by atoms with E-state index in [4.69, 9.17) is 4.52 Å². The Labute approximate surface area is 141 Å². The summed E-state index contributed by atoms with van der Waals surface area (Å²) in [6.07, 6.45) is 3.66. The van der Waals surface area contributed by atoms with E-state index in [1.807, 2.05) is 20.8 Å². The van der Waals surface area contributed by atoms with Crippen LogP contribution in [0.5, 0.6) is 0 Å². The normalized spacial score (nSPS) is 12.4. The number of nitrogens with zero attached hydrogens (tertiary/aromatic N) is 2. The molecule has 2 aromatic rings. The standard InChI is InChI=1S/C17H25N3O2S/c1-6-9-13-14(8-3)23-17(18-13)19-16(21)12(7-2)15-10(4)20-22-11(15)5/h12H,6-9H2,1-5H3,(H,18,19,21). The van der Waals surface area contributed by atoms with E-state index in [9.17, 15) is 4.79 Å². The molecule has 0 bridgehead atoms. The number of thiazole rings is 1. The van der Waals surface area contributed by atoms with Crippen molar-refractivity contribution in [1.82, 2.24) is 10.1 Å². The third kappa shape index (κ3) is 3.80. The molecule has 5 nitrogen and oxygen atoms in total. The maximum absolute atomic E-state index is 12.7. The molecule has 2 rings (SSSR count). The van der Waals surface area contributed by atoms with Crippen LogP contribution in [-0.4, -0.2) is 16.0 Å². The van der Waals surface area contributed by atoms with Gasteiger partial charge in [-0.2, -0.15) is 0 Å². The molecule has 0 saturated carbocycles. The topological polar surface area (TPSA) is 68.0 Å². The Morgan fingerprint density at radius 3 is 2.57 bits per heavy atom. The number of nitrogens with one attached hydrogen (secondary N) is 1. The number of aryl methyl sites for hydroxylation is 4. The molecule has 1 amide bonds. The minimum atomic E-state index is -0.259. The Balaban J connectivity index is 2.20. The van der Waals surface area contributed by atoms with Crippen LogP contribution in [0.1, 0.15) is 67.1 Å². The first-order valence-corrected chi connectivity index (χ1v) is 9.05. The molecule has 2 aromatic heterocycles. The summed E-state index contributed by atoms with van der Waals surface area (Å²) in [5.74, 6) is 0.413. The minimum absolute atomic E-state index is 0.0404. The molecule has 0 radical (unpaired) electrons. The van der Waals surface area contributed by atoms with Crippen LogP contribution in [0.4, 0.5) is 5.13 Å². The lowest BCUT2D eigenvalue weighted by atomic mass is 9.94. The van der Waals surface area contributed by atoms with Gasteiger partial charge in [-0.3, -0.25) is 4.79 Å². The lowest BCUT2D eigenvalue weighted by Gasteiger charge is -2.13. The molecule has 23 heavy (non-hydrogen) atoms. The number of carbonyl (C=O) groups excluding carboxylic acids is 1. The first-order chi connectivity index (χ1) is 11.0. The predicted molar refractivity (Wildman–Crippen MR) is 93.1 cm³/mol. The van der Waals surface area contributed by atoms with Crippen molar-refractivity contribution in [2.24, 2.45) is 0 Å². The van der Waals surface area contributed by atoms with Crippen molar-refractivity contribution < 1.29 is 9.32 Å². The SMILES string of the molecule is CCCc1nc(NC(=O)C(CC)c2c(C)noc2C)sc1CC. The third-order valence-electron chi connectivity index (χ3n) is 3.98. The van der Waals surface area contributed by atoms with Crippen molar-refractivity contribution in [3.8, 4) is 0 Å². The summed E-state index contributed by atoms with van der Waals surface area (Å²) >= 11 is 1.58. The molecule has 1 N–H and O–H groups in total. The van der Waals surface area contributed by atoms with Crippen LogP contribution in [0.25, 0.3) is 0 Å². The molecule has 2 heterocycles. The Morgan fingerprint density at radius 2 is 2.04 bits per heavy atom. The monoisotopic (exact) mass is 335 g/mol. The molecule has 1 unspecified atom stereocenters. The van der Waals surface area contributed by atoms with E-state index in [1.165, 1.54) is 4.88 Å². The summed E-state index contributed by atoms with van der Waals surface area (Å²) in [5.41, 5.74) is 2.79. The molecule has 1 atom stereocenters. The first-order valence-electron chi connectivity index (χ1n) is 8.23. The Bertz CT molecular complexity index is 656. The van der Waals surface area contributed by atoms with E-state index in [0.717, 1.165) is 36.2 Å². The zero-order chi connectivity index (χ0) is 17.0. The van der Waals surface area contributed by atoms with E-state index in [-0.39, 0.29) is 11.8 Å². The fourth-order valence-electron chi connectivity index (χ4n) is 2.85. The van der Waals surface area contributed by atoms with Crippen LogP contribution in [-0.2, 0) is 17.6 Å². The van der Waals surface area contributed by atoms with Gasteiger partial charge in [0.2, 0.25) is 5.91 Å². The molecular formula is C17H25N3O2S. The van der Waals surface area contributed by atoms with Gasteiger partial charge >= 0.3 is 0 Å². The van der Waals surface area contributed by atoms with Crippen LogP contribution < -0.4 is 5.32 Å². The third-order valence-corrected chi connectivity index (χ3v) is 5.14. The number of anilines is 1. The van der Waals surface area contributed by atoms with Crippen molar-refractivity contribution in [2.75, 3.05) is 5.32 Å². The highest BCUT2D eigenvalue weighted by molar-refractivity contribution is 7.15. The van der Waals surface area contributed by atoms with Crippen LogP contribution >= 0.6 is 11.3 Å². The fraction of sp³-hybridized carbons (Fsp3) is 0.588. The lowest BCUT2D eigenvalue weighted by Crippen LogP contribution is -2.21. The summed E-state index contributed by atoms with van der Waals surface area (Å²) < 4.78 is 5.21. The van der Waals surface area contributed by atoms with Crippen molar-refractivity contribution in [3.63, 3.8) is 0 Å². The van der Waals surface area contributed by atoms with Gasteiger partial charge in [0.25, 0.3) is 0 Å². The fourth-order valence-corrected chi connectivity index (χ4v) is 3.80. The van der Waals surface area contributed by atoms with Gasteiger partial charge in [0, 0.05) is 10.4 Å². The second kappa shape index (κ2) is 7.73. The van der Waals surface area contributed by atoms with Gasteiger partial charge in [-0.15, -0.1) is 11.3 Å². The average Bonchev–Trinajstić information content (AvgIpc) is 3.05. The molecule has 0 aliphatic rings. The van der Waals surface area contributed by atoms with Gasteiger partial charge in [0.05, 0.1) is 17.3 Å². The van der Waals surface area contributed by atoms with Gasteiger partial charge < -0.3 is 9.84 Å². The van der Waals surface area contributed by atoms with Crippen LogP contribution in [0, 0.1) is 13.8 Å². The van der Waals surface area contributed by atoms with Gasteiger partial charge in [-0.05, 0) is 33.1 Å². The summed E-state index contributed by atoms with van der Waals surface area (Å²) in [4.78, 5) is 18.6. The second-order valence-corrected chi connectivity index (χ2v) is 6.76. The smallest absolute Gasteiger partial charge is 0.233 e. The minimum Gasteiger partial charge on any atom is -0.361 e. The van der Waals surface area contributed by atoms with E-state index >= 15 is 0 Å². The summed E-state index contributed by atoms with van der Waals surface area (Å²) in [7, 11) is 0. The lowest BCUT2D eigenvalue weighted by molar-refractivity contribution is -0.117. The first kappa shape index (κ1) is 17.7. The van der Waals surface area contributed by atoms with Gasteiger partial charge in [0.1, 0.15) is 5.76 Å². The molecule has 126 valence electrons. The number of rotatable bonds is 7. The molecule has 0 fully saturated rings. The molecule has 0 spiro atoms. The predicted octanol–water partition coefficient (Wildman–Crippen LogP) is 4.40. The number of amides is 1. The summed E-state index contributed by atoms with van der Waals surface area (Å²) in [6, 6.07) is 0. The summed E-state index contributed by atoms with van der Waals surface area (Å²) in [6.45, 7) is 9.99. The highest BCUT2D eigenvalue weighted by Gasteiger charge is 2.26. The maximum Gasteiger partial charge on any atom is 0.233 e. The molecular weight excluding hydrogens is 310 g/mol. The average molecular weight is 335 g/mol. The van der Waals surface area contributed by atoms with E-state index < -0.39 is 0 Å². The van der Waals surface area contributed by atoms with Gasteiger partial charge in [0.15, 0.2) is 5.13 Å². The van der Waals surface area contributed by atoms with Crippen molar-refractivity contribution in [3.05, 3.63) is 27.6 Å². The molecule has 6 heteroatoms. The molecule has 0 saturated heterocycles. The van der Waals surface area contributed by atoms with Crippen LogP contribution in [0.3, 0.4) is 0 Å². The second-order valence-electron chi connectivity index (χ2n) is 5.68. The quantitative estimate of drug-likeness (QED) is 0.814. The highest BCUT2D eigenvalue weighted by Crippen LogP contribution is 2.30. The zero-order valence-electron chi connectivity index (χ0n) is 14.5. The van der Waals surface area contributed by atoms with Gasteiger partial charge in [-0.25, -0.2) is 4.98 Å².